The predicted molar refractivity (Wildman–Crippen MR) is 56.1 cm³/mol. The van der Waals surface area contributed by atoms with Gasteiger partial charge in [-0.1, -0.05) is 5.92 Å². The lowest BCUT2D eigenvalue weighted by molar-refractivity contribution is 0.127. The first-order chi connectivity index (χ1) is 7.26. The Kier molecular flexibility index (Phi) is 4.38. The summed E-state index contributed by atoms with van der Waals surface area (Å²) in [5.41, 5.74) is 5.56. The van der Waals surface area contributed by atoms with E-state index in [1.807, 2.05) is 6.92 Å². The lowest BCUT2D eigenvalue weighted by Gasteiger charge is -2.05. The third-order valence-corrected chi connectivity index (χ3v) is 1.51. The molecule has 2 N–H and O–H groups in total. The van der Waals surface area contributed by atoms with Gasteiger partial charge in [0.05, 0.1) is 0 Å². The Morgan fingerprint density at radius 1 is 1.53 bits per heavy atom. The van der Waals surface area contributed by atoms with Crippen molar-refractivity contribution in [2.45, 2.75) is 13.5 Å². The number of hydrogen-bond acceptors (Lipinski definition) is 5. The topological polar surface area (TPSA) is 70.3 Å². The van der Waals surface area contributed by atoms with Gasteiger partial charge in [0.25, 0.3) is 0 Å². The molecule has 5 nitrogen and oxygen atoms in total. The number of terminal acetylenes is 1. The van der Waals surface area contributed by atoms with Gasteiger partial charge in [-0.05, 0) is 6.92 Å². The molecule has 0 aliphatic rings. The van der Waals surface area contributed by atoms with Gasteiger partial charge in [0, 0.05) is 12.7 Å². The molecule has 80 valence electrons. The third kappa shape index (κ3) is 3.83. The number of ether oxygens (including phenoxy) is 2. The molecule has 0 aromatic carbocycles. The summed E-state index contributed by atoms with van der Waals surface area (Å²) in [6, 6.07) is 1.52. The van der Waals surface area contributed by atoms with Gasteiger partial charge >= 0.3 is 0 Å². The molecule has 0 aliphatic carbocycles. The highest BCUT2D eigenvalue weighted by atomic mass is 16.5. The van der Waals surface area contributed by atoms with Gasteiger partial charge in [0.15, 0.2) is 12.4 Å². The Labute approximate surface area is 88.6 Å². The summed E-state index contributed by atoms with van der Waals surface area (Å²) in [4.78, 5) is 8.06. The van der Waals surface area contributed by atoms with Gasteiger partial charge in [-0.25, -0.2) is 4.98 Å². The van der Waals surface area contributed by atoms with Gasteiger partial charge in [-0.2, -0.15) is 4.98 Å². The molecule has 0 saturated heterocycles. The molecule has 1 rings (SSSR count). The van der Waals surface area contributed by atoms with Crippen molar-refractivity contribution in [1.29, 1.82) is 0 Å². The standard InChI is InChI=1S/C10H13N3O2/c1-3-5-15-10-6-8(11)12-9(13-10)7-14-4-2/h1,6H,4-5,7H2,2H3,(H2,11,12,13). The zero-order chi connectivity index (χ0) is 11.1. The van der Waals surface area contributed by atoms with Crippen molar-refractivity contribution >= 4 is 5.82 Å². The van der Waals surface area contributed by atoms with E-state index < -0.39 is 0 Å². The number of aromatic nitrogens is 2. The molecule has 0 saturated carbocycles. The first-order valence-electron chi connectivity index (χ1n) is 4.53. The molecule has 0 radical (unpaired) electrons. The molecule has 1 heterocycles. The summed E-state index contributed by atoms with van der Waals surface area (Å²) >= 11 is 0. The summed E-state index contributed by atoms with van der Waals surface area (Å²) < 4.78 is 10.3. The molecule has 5 heteroatoms. The molecular weight excluding hydrogens is 194 g/mol. The SMILES string of the molecule is C#CCOc1cc(N)nc(COCC)n1. The van der Waals surface area contributed by atoms with E-state index >= 15 is 0 Å². The largest absolute Gasteiger partial charge is 0.464 e. The summed E-state index contributed by atoms with van der Waals surface area (Å²) in [7, 11) is 0. The van der Waals surface area contributed by atoms with Crippen LogP contribution in [0.3, 0.4) is 0 Å². The molecule has 1 aromatic heterocycles. The minimum Gasteiger partial charge on any atom is -0.464 e. The average molecular weight is 207 g/mol. The van der Waals surface area contributed by atoms with Crippen LogP contribution in [0.5, 0.6) is 5.88 Å². The van der Waals surface area contributed by atoms with Gasteiger partial charge < -0.3 is 15.2 Å². The number of anilines is 1. The van der Waals surface area contributed by atoms with Crippen molar-refractivity contribution in [2.75, 3.05) is 18.9 Å². The monoisotopic (exact) mass is 207 g/mol. The van der Waals surface area contributed by atoms with E-state index in [0.29, 0.717) is 30.7 Å². The second-order valence-electron chi connectivity index (χ2n) is 2.68. The minimum atomic E-state index is 0.157. The van der Waals surface area contributed by atoms with E-state index in [1.54, 1.807) is 0 Å². The van der Waals surface area contributed by atoms with Crippen molar-refractivity contribution in [3.8, 4) is 18.2 Å². The fourth-order valence-electron chi connectivity index (χ4n) is 0.940. The molecule has 0 fully saturated rings. The van der Waals surface area contributed by atoms with Crippen molar-refractivity contribution in [2.24, 2.45) is 0 Å². The van der Waals surface area contributed by atoms with Crippen LogP contribution in [0.1, 0.15) is 12.7 Å². The Morgan fingerprint density at radius 3 is 3.00 bits per heavy atom. The van der Waals surface area contributed by atoms with Crippen LogP contribution in [0.2, 0.25) is 0 Å². The lowest BCUT2D eigenvalue weighted by Crippen LogP contribution is -2.05. The molecule has 0 spiro atoms. The van der Waals surface area contributed by atoms with E-state index in [4.69, 9.17) is 21.6 Å². The van der Waals surface area contributed by atoms with Crippen LogP contribution in [0.25, 0.3) is 0 Å². The van der Waals surface area contributed by atoms with Gasteiger partial charge in [-0.3, -0.25) is 0 Å². The number of nitrogens with two attached hydrogens (primary N) is 1. The van der Waals surface area contributed by atoms with E-state index in [1.165, 1.54) is 6.07 Å². The van der Waals surface area contributed by atoms with Gasteiger partial charge in [-0.15, -0.1) is 6.42 Å². The van der Waals surface area contributed by atoms with E-state index in [2.05, 4.69) is 15.9 Å². The molecule has 1 aromatic rings. The van der Waals surface area contributed by atoms with E-state index in [0.717, 1.165) is 0 Å². The Bertz CT molecular complexity index is 360. The average Bonchev–Trinajstić information content (AvgIpc) is 2.23. The highest BCUT2D eigenvalue weighted by Crippen LogP contribution is 2.11. The van der Waals surface area contributed by atoms with Crippen LogP contribution in [0, 0.1) is 12.3 Å². The van der Waals surface area contributed by atoms with E-state index in [-0.39, 0.29) is 6.61 Å². The number of rotatable bonds is 5. The van der Waals surface area contributed by atoms with E-state index in [9.17, 15) is 0 Å². The van der Waals surface area contributed by atoms with Crippen molar-refractivity contribution in [3.05, 3.63) is 11.9 Å². The zero-order valence-electron chi connectivity index (χ0n) is 8.56. The number of nitrogens with zero attached hydrogens (tertiary/aromatic N) is 2. The van der Waals surface area contributed by atoms with Crippen molar-refractivity contribution in [1.82, 2.24) is 9.97 Å². The normalized spacial score (nSPS) is 9.60. The predicted octanol–water partition coefficient (Wildman–Crippen LogP) is 0.607. The van der Waals surface area contributed by atoms with Crippen LogP contribution in [-0.2, 0) is 11.3 Å². The first kappa shape index (κ1) is 11.3. The van der Waals surface area contributed by atoms with Crippen LogP contribution in [0.15, 0.2) is 6.07 Å². The molecule has 0 atom stereocenters. The molecule has 0 unspecified atom stereocenters. The smallest absolute Gasteiger partial charge is 0.219 e. The van der Waals surface area contributed by atoms with Crippen LogP contribution in [-0.4, -0.2) is 23.2 Å². The maximum atomic E-state index is 5.56. The molecular formula is C10H13N3O2. The second kappa shape index (κ2) is 5.83. The number of nitrogen functional groups attached to an aromatic ring is 1. The minimum absolute atomic E-state index is 0.157. The quantitative estimate of drug-likeness (QED) is 0.716. The summed E-state index contributed by atoms with van der Waals surface area (Å²) in [6.45, 7) is 2.96. The second-order valence-corrected chi connectivity index (χ2v) is 2.68. The van der Waals surface area contributed by atoms with Crippen LogP contribution >= 0.6 is 0 Å². The van der Waals surface area contributed by atoms with Gasteiger partial charge in [0.1, 0.15) is 12.4 Å². The third-order valence-electron chi connectivity index (χ3n) is 1.51. The summed E-state index contributed by atoms with van der Waals surface area (Å²) in [5, 5.41) is 0. The van der Waals surface area contributed by atoms with Gasteiger partial charge in [0.2, 0.25) is 5.88 Å². The Balaban J connectivity index is 2.71. The summed E-state index contributed by atoms with van der Waals surface area (Å²) in [6.07, 6.45) is 5.06. The summed E-state index contributed by atoms with van der Waals surface area (Å²) in [5.74, 6) is 3.54. The van der Waals surface area contributed by atoms with Crippen LogP contribution in [0.4, 0.5) is 5.82 Å². The van der Waals surface area contributed by atoms with Crippen molar-refractivity contribution in [3.63, 3.8) is 0 Å². The van der Waals surface area contributed by atoms with Crippen LogP contribution < -0.4 is 10.5 Å². The lowest BCUT2D eigenvalue weighted by atomic mass is 10.5. The maximum absolute atomic E-state index is 5.56. The highest BCUT2D eigenvalue weighted by molar-refractivity contribution is 5.32. The zero-order valence-corrected chi connectivity index (χ0v) is 8.56. The number of hydrogen-bond donors (Lipinski definition) is 1. The first-order valence-corrected chi connectivity index (χ1v) is 4.53. The van der Waals surface area contributed by atoms with Crippen molar-refractivity contribution < 1.29 is 9.47 Å². The fourth-order valence-corrected chi connectivity index (χ4v) is 0.940. The fraction of sp³-hybridized carbons (Fsp3) is 0.400. The molecule has 0 amide bonds. The Morgan fingerprint density at radius 2 is 2.33 bits per heavy atom. The maximum Gasteiger partial charge on any atom is 0.219 e. The molecule has 0 bridgehead atoms. The highest BCUT2D eigenvalue weighted by Gasteiger charge is 2.03. The Hall–Kier alpha value is -1.80. The molecule has 0 aliphatic heterocycles. The molecule has 15 heavy (non-hydrogen) atoms.